The largest absolute Gasteiger partial charge is 0.356 e. The topological polar surface area (TPSA) is 58.2 Å². The molecule has 0 spiro atoms. The normalized spacial score (nSPS) is 9.83. The van der Waals surface area contributed by atoms with Gasteiger partial charge in [-0.3, -0.25) is 9.59 Å². The molecule has 0 saturated carbocycles. The number of hydrogen-bond donors (Lipinski definition) is 2. The Balaban J connectivity index is 0. The molecule has 0 aliphatic carbocycles. The number of carbonyl (C=O) groups is 2. The molecule has 4 nitrogen and oxygen atoms in total. The minimum Gasteiger partial charge on any atom is -0.356 e. The zero-order valence-electron chi connectivity index (χ0n) is 16.7. The third-order valence-electron chi connectivity index (χ3n) is 3.76. The van der Waals surface area contributed by atoms with Gasteiger partial charge in [0, 0.05) is 25.9 Å². The molecule has 0 aliphatic rings. The van der Waals surface area contributed by atoms with Crippen molar-refractivity contribution in [2.24, 2.45) is 0 Å². The summed E-state index contributed by atoms with van der Waals surface area (Å²) in [5.41, 5.74) is 0. The first-order chi connectivity index (χ1) is 11.7. The Kier molecular flexibility index (Phi) is 23.0. The van der Waals surface area contributed by atoms with Crippen molar-refractivity contribution >= 4 is 11.8 Å². The summed E-state index contributed by atoms with van der Waals surface area (Å²) in [6.45, 7) is 9.91. The molecular formula is C20H42N2O2. The fourth-order valence-corrected chi connectivity index (χ4v) is 2.32. The van der Waals surface area contributed by atoms with Gasteiger partial charge in [0.05, 0.1) is 0 Å². The van der Waals surface area contributed by atoms with Gasteiger partial charge in [0.25, 0.3) is 0 Å². The number of hydrogen-bond acceptors (Lipinski definition) is 2. The summed E-state index contributed by atoms with van der Waals surface area (Å²) in [6, 6.07) is 0. The fraction of sp³-hybridized carbons (Fsp3) is 0.900. The highest BCUT2D eigenvalue weighted by molar-refractivity contribution is 5.78. The Bertz CT molecular complexity index is 281. The molecule has 0 rings (SSSR count). The lowest BCUT2D eigenvalue weighted by Crippen LogP contribution is -2.26. The molecule has 0 saturated heterocycles. The number of nitrogens with one attached hydrogen (secondary N) is 2. The van der Waals surface area contributed by atoms with Crippen LogP contribution in [0.5, 0.6) is 0 Å². The summed E-state index contributed by atoms with van der Waals surface area (Å²) >= 11 is 0. The summed E-state index contributed by atoms with van der Waals surface area (Å²) in [6.07, 6.45) is 12.3. The minimum atomic E-state index is 0.0730. The van der Waals surface area contributed by atoms with E-state index in [-0.39, 0.29) is 11.8 Å². The van der Waals surface area contributed by atoms with Crippen LogP contribution in [-0.2, 0) is 9.59 Å². The van der Waals surface area contributed by atoms with E-state index < -0.39 is 0 Å². The van der Waals surface area contributed by atoms with Crippen molar-refractivity contribution in [1.82, 2.24) is 10.6 Å². The molecule has 0 bridgehead atoms. The molecule has 0 aliphatic heterocycles. The van der Waals surface area contributed by atoms with Gasteiger partial charge in [-0.2, -0.15) is 0 Å². The SMILES string of the molecule is CC.CCCCCCCNC(=O)CCCC(=O)NCCCCCC. The van der Waals surface area contributed by atoms with Crippen LogP contribution >= 0.6 is 0 Å². The van der Waals surface area contributed by atoms with Crippen LogP contribution in [0.3, 0.4) is 0 Å². The molecule has 24 heavy (non-hydrogen) atoms. The fourth-order valence-electron chi connectivity index (χ4n) is 2.32. The second-order valence-corrected chi connectivity index (χ2v) is 6.03. The van der Waals surface area contributed by atoms with Crippen molar-refractivity contribution in [2.75, 3.05) is 13.1 Å². The van der Waals surface area contributed by atoms with E-state index in [0.717, 1.165) is 25.9 Å². The first-order valence-electron chi connectivity index (χ1n) is 10.2. The van der Waals surface area contributed by atoms with Crippen LogP contribution in [0.25, 0.3) is 0 Å². The van der Waals surface area contributed by atoms with E-state index in [1.807, 2.05) is 13.8 Å². The quantitative estimate of drug-likeness (QED) is 0.413. The molecular weight excluding hydrogens is 300 g/mol. The number of unbranched alkanes of at least 4 members (excludes halogenated alkanes) is 7. The molecule has 0 unspecified atom stereocenters. The van der Waals surface area contributed by atoms with Crippen molar-refractivity contribution < 1.29 is 9.59 Å². The predicted octanol–water partition coefficient (Wildman–Crippen LogP) is 4.97. The van der Waals surface area contributed by atoms with E-state index in [1.54, 1.807) is 0 Å². The molecule has 0 aromatic carbocycles. The molecule has 0 atom stereocenters. The van der Waals surface area contributed by atoms with E-state index in [0.29, 0.717) is 19.3 Å². The minimum absolute atomic E-state index is 0.0730. The molecule has 0 aromatic heterocycles. The van der Waals surface area contributed by atoms with Crippen LogP contribution < -0.4 is 10.6 Å². The Morgan fingerprint density at radius 3 is 1.38 bits per heavy atom. The van der Waals surface area contributed by atoms with Crippen LogP contribution in [-0.4, -0.2) is 24.9 Å². The van der Waals surface area contributed by atoms with Gasteiger partial charge in [-0.1, -0.05) is 72.6 Å². The van der Waals surface area contributed by atoms with Gasteiger partial charge < -0.3 is 10.6 Å². The molecule has 2 amide bonds. The van der Waals surface area contributed by atoms with Crippen LogP contribution in [0.4, 0.5) is 0 Å². The van der Waals surface area contributed by atoms with E-state index >= 15 is 0 Å². The van der Waals surface area contributed by atoms with E-state index in [9.17, 15) is 9.59 Å². The van der Waals surface area contributed by atoms with Crippen LogP contribution in [0, 0.1) is 0 Å². The zero-order valence-corrected chi connectivity index (χ0v) is 16.7. The van der Waals surface area contributed by atoms with Gasteiger partial charge >= 0.3 is 0 Å². The number of carbonyl (C=O) groups excluding carboxylic acids is 2. The molecule has 0 aromatic rings. The monoisotopic (exact) mass is 342 g/mol. The van der Waals surface area contributed by atoms with Crippen LogP contribution in [0.2, 0.25) is 0 Å². The van der Waals surface area contributed by atoms with E-state index in [4.69, 9.17) is 0 Å². The lowest BCUT2D eigenvalue weighted by molar-refractivity contribution is -0.122. The number of amides is 2. The molecule has 4 heteroatoms. The highest BCUT2D eigenvalue weighted by atomic mass is 16.2. The third-order valence-corrected chi connectivity index (χ3v) is 3.76. The Morgan fingerprint density at radius 1 is 0.583 bits per heavy atom. The van der Waals surface area contributed by atoms with Crippen molar-refractivity contribution in [3.63, 3.8) is 0 Å². The Hall–Kier alpha value is -1.06. The molecule has 0 fully saturated rings. The zero-order chi connectivity index (χ0) is 18.5. The highest BCUT2D eigenvalue weighted by Gasteiger charge is 2.04. The average molecular weight is 343 g/mol. The maximum absolute atomic E-state index is 11.6. The van der Waals surface area contributed by atoms with E-state index in [1.165, 1.54) is 44.9 Å². The van der Waals surface area contributed by atoms with E-state index in [2.05, 4.69) is 24.5 Å². The van der Waals surface area contributed by atoms with Crippen molar-refractivity contribution in [3.05, 3.63) is 0 Å². The second-order valence-electron chi connectivity index (χ2n) is 6.03. The molecule has 144 valence electrons. The van der Waals surface area contributed by atoms with Gasteiger partial charge in [0.2, 0.25) is 11.8 Å². The highest BCUT2D eigenvalue weighted by Crippen LogP contribution is 2.02. The second kappa shape index (κ2) is 21.9. The van der Waals surface area contributed by atoms with Crippen LogP contribution in [0.15, 0.2) is 0 Å². The first kappa shape index (κ1) is 25.2. The maximum Gasteiger partial charge on any atom is 0.220 e. The van der Waals surface area contributed by atoms with Gasteiger partial charge in [-0.05, 0) is 19.3 Å². The summed E-state index contributed by atoms with van der Waals surface area (Å²) in [5.74, 6) is 0.148. The van der Waals surface area contributed by atoms with Gasteiger partial charge in [0.15, 0.2) is 0 Å². The summed E-state index contributed by atoms with van der Waals surface area (Å²) in [4.78, 5) is 23.2. The van der Waals surface area contributed by atoms with Crippen molar-refractivity contribution in [2.45, 2.75) is 105 Å². The van der Waals surface area contributed by atoms with Crippen molar-refractivity contribution in [3.8, 4) is 0 Å². The average Bonchev–Trinajstić information content (AvgIpc) is 2.59. The Labute approximate surface area is 150 Å². The van der Waals surface area contributed by atoms with Gasteiger partial charge in [0.1, 0.15) is 0 Å². The van der Waals surface area contributed by atoms with Crippen LogP contribution in [0.1, 0.15) is 105 Å². The summed E-state index contributed by atoms with van der Waals surface area (Å²) in [7, 11) is 0. The summed E-state index contributed by atoms with van der Waals surface area (Å²) < 4.78 is 0. The molecule has 0 heterocycles. The molecule has 0 radical (unpaired) electrons. The smallest absolute Gasteiger partial charge is 0.220 e. The number of rotatable bonds is 15. The standard InChI is InChI=1S/C18H36N2O2.C2H6/c1-3-5-7-9-11-16-20-18(22)14-12-13-17(21)19-15-10-8-6-4-2;1-2/h3-16H2,1-2H3,(H,19,21)(H,20,22);1-2H3. The molecule has 2 N–H and O–H groups in total. The van der Waals surface area contributed by atoms with Crippen molar-refractivity contribution in [1.29, 1.82) is 0 Å². The summed E-state index contributed by atoms with van der Waals surface area (Å²) in [5, 5.41) is 5.85. The predicted molar refractivity (Wildman–Crippen MR) is 104 cm³/mol. The third kappa shape index (κ3) is 20.9. The maximum atomic E-state index is 11.6. The first-order valence-corrected chi connectivity index (χ1v) is 10.2. The Morgan fingerprint density at radius 2 is 0.958 bits per heavy atom. The van der Waals surface area contributed by atoms with Gasteiger partial charge in [-0.25, -0.2) is 0 Å². The van der Waals surface area contributed by atoms with Gasteiger partial charge in [-0.15, -0.1) is 0 Å². The lowest BCUT2D eigenvalue weighted by Gasteiger charge is -2.06. The lowest BCUT2D eigenvalue weighted by atomic mass is 10.1.